The molecule has 2 aromatic heterocycles. The average molecular weight is 346 g/mol. The minimum Gasteiger partial charge on any atom is -0.327 e. The van der Waals surface area contributed by atoms with Gasteiger partial charge in [-0.1, -0.05) is 29.3 Å². The number of aromatic nitrogens is 2. The fraction of sp³-hybridized carbons (Fsp3) is 0.214. The molecule has 0 saturated carbocycles. The van der Waals surface area contributed by atoms with E-state index in [1.165, 1.54) is 4.88 Å². The van der Waals surface area contributed by atoms with E-state index >= 15 is 0 Å². The third kappa shape index (κ3) is 2.68. The Bertz CT molecular complexity index is 735. The minimum atomic E-state index is 0.369. The van der Waals surface area contributed by atoms with Gasteiger partial charge in [0, 0.05) is 11.4 Å². The summed E-state index contributed by atoms with van der Waals surface area (Å²) in [4.78, 5) is 5.86. The largest absolute Gasteiger partial charge is 0.327 e. The van der Waals surface area contributed by atoms with Crippen molar-refractivity contribution in [3.05, 3.63) is 50.4 Å². The highest BCUT2D eigenvalue weighted by Crippen LogP contribution is 2.29. The lowest BCUT2D eigenvalue weighted by Gasteiger charge is -2.07. The highest BCUT2D eigenvalue weighted by molar-refractivity contribution is 7.09. The van der Waals surface area contributed by atoms with Gasteiger partial charge in [-0.3, -0.25) is 0 Å². The van der Waals surface area contributed by atoms with Crippen LogP contribution in [0.2, 0.25) is 10.0 Å². The summed E-state index contributed by atoms with van der Waals surface area (Å²) in [7, 11) is 0. The number of aryl methyl sites for hydroxylation is 2. The van der Waals surface area contributed by atoms with Crippen molar-refractivity contribution in [3.8, 4) is 0 Å². The molecule has 0 amide bonds. The highest BCUT2D eigenvalue weighted by atomic mass is 35.5. The monoisotopic (exact) mass is 344 g/mol. The van der Waals surface area contributed by atoms with E-state index in [2.05, 4.69) is 27.1 Å². The summed E-state index contributed by atoms with van der Waals surface area (Å²) in [5.41, 5.74) is 1.81. The lowest BCUT2D eigenvalue weighted by atomic mass is 10.3. The molecule has 0 aliphatic heterocycles. The Morgan fingerprint density at radius 1 is 1.20 bits per heavy atom. The SMILES string of the molecule is ClCc1nc2cc(Cl)c(Cl)cc2n1CCc1cccs1. The molecule has 1 aromatic carbocycles. The number of halogens is 3. The highest BCUT2D eigenvalue weighted by Gasteiger charge is 2.12. The van der Waals surface area contributed by atoms with Crippen molar-refractivity contribution < 1.29 is 0 Å². The van der Waals surface area contributed by atoms with E-state index in [4.69, 9.17) is 34.8 Å². The third-order valence-electron chi connectivity index (χ3n) is 3.15. The molecule has 0 unspecified atom stereocenters. The lowest BCUT2D eigenvalue weighted by molar-refractivity contribution is 0.693. The van der Waals surface area contributed by atoms with Crippen LogP contribution in [0.4, 0.5) is 0 Å². The topological polar surface area (TPSA) is 17.8 Å². The van der Waals surface area contributed by atoms with Crippen molar-refractivity contribution in [3.63, 3.8) is 0 Å². The fourth-order valence-corrected chi connectivity index (χ4v) is 3.42. The summed E-state index contributed by atoms with van der Waals surface area (Å²) in [5, 5.41) is 3.14. The number of benzene rings is 1. The number of rotatable bonds is 4. The van der Waals surface area contributed by atoms with E-state index in [0.29, 0.717) is 15.9 Å². The van der Waals surface area contributed by atoms with Crippen LogP contribution in [-0.2, 0) is 18.8 Å². The minimum absolute atomic E-state index is 0.369. The Morgan fingerprint density at radius 2 is 2.00 bits per heavy atom. The van der Waals surface area contributed by atoms with Crippen LogP contribution in [0.1, 0.15) is 10.7 Å². The maximum absolute atomic E-state index is 6.11. The van der Waals surface area contributed by atoms with E-state index in [9.17, 15) is 0 Å². The number of alkyl halides is 1. The molecule has 104 valence electrons. The maximum Gasteiger partial charge on any atom is 0.124 e. The van der Waals surface area contributed by atoms with Gasteiger partial charge in [-0.05, 0) is 30.0 Å². The first-order valence-corrected chi connectivity index (χ1v) is 8.28. The summed E-state index contributed by atoms with van der Waals surface area (Å²) >= 11 is 19.9. The van der Waals surface area contributed by atoms with Gasteiger partial charge in [0.2, 0.25) is 0 Å². The van der Waals surface area contributed by atoms with Crippen molar-refractivity contribution >= 4 is 57.2 Å². The molecule has 0 atom stereocenters. The van der Waals surface area contributed by atoms with Crippen LogP contribution in [0.15, 0.2) is 29.6 Å². The number of imidazole rings is 1. The second-order valence-corrected chi connectivity index (χ2v) is 6.51. The van der Waals surface area contributed by atoms with Gasteiger partial charge in [0.15, 0.2) is 0 Å². The van der Waals surface area contributed by atoms with Crippen LogP contribution >= 0.6 is 46.1 Å². The van der Waals surface area contributed by atoms with Crippen LogP contribution in [0, 0.1) is 0 Å². The summed E-state index contributed by atoms with van der Waals surface area (Å²) in [6.07, 6.45) is 0.952. The Labute approximate surface area is 135 Å². The van der Waals surface area contributed by atoms with Gasteiger partial charge in [-0.2, -0.15) is 0 Å². The van der Waals surface area contributed by atoms with Crippen LogP contribution < -0.4 is 0 Å². The van der Waals surface area contributed by atoms with Gasteiger partial charge >= 0.3 is 0 Å². The summed E-state index contributed by atoms with van der Waals surface area (Å²) < 4.78 is 2.12. The Morgan fingerprint density at radius 3 is 2.70 bits per heavy atom. The molecule has 0 aliphatic carbocycles. The number of hydrogen-bond donors (Lipinski definition) is 0. The van der Waals surface area contributed by atoms with Gasteiger partial charge in [0.1, 0.15) is 5.82 Å². The maximum atomic E-state index is 6.11. The Kier molecular flexibility index (Phi) is 4.22. The molecule has 3 aromatic rings. The van der Waals surface area contributed by atoms with E-state index in [0.717, 1.165) is 29.8 Å². The molecule has 3 rings (SSSR count). The molecule has 2 heterocycles. The Balaban J connectivity index is 2.01. The van der Waals surface area contributed by atoms with Crippen LogP contribution in [0.5, 0.6) is 0 Å². The zero-order valence-corrected chi connectivity index (χ0v) is 13.5. The zero-order valence-electron chi connectivity index (χ0n) is 10.4. The van der Waals surface area contributed by atoms with E-state index in [-0.39, 0.29) is 0 Å². The van der Waals surface area contributed by atoms with E-state index in [1.807, 2.05) is 6.07 Å². The van der Waals surface area contributed by atoms with E-state index < -0.39 is 0 Å². The number of hydrogen-bond acceptors (Lipinski definition) is 2. The first-order chi connectivity index (χ1) is 9.69. The quantitative estimate of drug-likeness (QED) is 0.580. The summed E-state index contributed by atoms with van der Waals surface area (Å²) in [5.74, 6) is 1.21. The fourth-order valence-electron chi connectivity index (χ4n) is 2.20. The van der Waals surface area contributed by atoms with Gasteiger partial charge in [-0.25, -0.2) is 4.98 Å². The summed E-state index contributed by atoms with van der Waals surface area (Å²) in [6, 6.07) is 7.84. The van der Waals surface area contributed by atoms with Crippen LogP contribution in [0.3, 0.4) is 0 Å². The van der Waals surface area contributed by atoms with Crippen molar-refractivity contribution in [2.24, 2.45) is 0 Å². The second-order valence-electron chi connectivity index (χ2n) is 4.40. The molecule has 0 N–H and O–H groups in total. The van der Waals surface area contributed by atoms with Crippen molar-refractivity contribution in [1.29, 1.82) is 0 Å². The first kappa shape index (κ1) is 14.2. The van der Waals surface area contributed by atoms with E-state index in [1.54, 1.807) is 17.4 Å². The second kappa shape index (κ2) is 5.94. The smallest absolute Gasteiger partial charge is 0.124 e. The van der Waals surface area contributed by atoms with Crippen molar-refractivity contribution in [2.75, 3.05) is 0 Å². The van der Waals surface area contributed by atoms with Crippen molar-refractivity contribution in [1.82, 2.24) is 9.55 Å². The zero-order chi connectivity index (χ0) is 14.1. The van der Waals surface area contributed by atoms with Gasteiger partial charge in [0.25, 0.3) is 0 Å². The summed E-state index contributed by atoms with van der Waals surface area (Å²) in [6.45, 7) is 0.830. The molecule has 6 heteroatoms. The first-order valence-electron chi connectivity index (χ1n) is 6.11. The molecule has 20 heavy (non-hydrogen) atoms. The molecule has 0 aliphatic rings. The Hall–Kier alpha value is -0.740. The van der Waals surface area contributed by atoms with Gasteiger partial charge in [-0.15, -0.1) is 22.9 Å². The molecular weight excluding hydrogens is 335 g/mol. The van der Waals surface area contributed by atoms with Gasteiger partial charge < -0.3 is 4.57 Å². The van der Waals surface area contributed by atoms with Gasteiger partial charge in [0.05, 0.1) is 27.0 Å². The number of nitrogens with zero attached hydrogens (tertiary/aromatic N) is 2. The lowest BCUT2D eigenvalue weighted by Crippen LogP contribution is -2.04. The predicted molar refractivity (Wildman–Crippen MR) is 87.3 cm³/mol. The average Bonchev–Trinajstić information content (AvgIpc) is 3.05. The molecular formula is C14H11Cl3N2S. The molecule has 0 fully saturated rings. The third-order valence-corrected chi connectivity index (χ3v) is 5.05. The van der Waals surface area contributed by atoms with Crippen LogP contribution in [0.25, 0.3) is 11.0 Å². The molecule has 0 radical (unpaired) electrons. The molecule has 0 saturated heterocycles. The normalized spacial score (nSPS) is 11.3. The van der Waals surface area contributed by atoms with Crippen LogP contribution in [-0.4, -0.2) is 9.55 Å². The molecule has 0 spiro atoms. The number of fused-ring (bicyclic) bond motifs is 1. The standard InChI is InChI=1S/C14H11Cl3N2S/c15-8-14-18-12-6-10(16)11(17)7-13(12)19(14)4-3-9-2-1-5-20-9/h1-2,5-7H,3-4,8H2. The molecule has 0 bridgehead atoms. The number of thiophene rings is 1. The predicted octanol–water partition coefficient (Wildman–Crippen LogP) is 5.39. The molecule has 2 nitrogen and oxygen atoms in total. The van der Waals surface area contributed by atoms with Crippen molar-refractivity contribution in [2.45, 2.75) is 18.8 Å².